The summed E-state index contributed by atoms with van der Waals surface area (Å²) in [7, 11) is 0. The molecule has 0 aromatic rings. The first-order valence-corrected chi connectivity index (χ1v) is 8.94. The number of rotatable bonds is 0. The monoisotopic (exact) mass is 222 g/mol. The Morgan fingerprint density at radius 3 is 1.50 bits per heavy atom. The average molecular weight is 224 g/mol. The Morgan fingerprint density at radius 2 is 1.50 bits per heavy atom. The van der Waals surface area contributed by atoms with Crippen molar-refractivity contribution in [2.45, 2.75) is 0 Å². The van der Waals surface area contributed by atoms with Gasteiger partial charge in [0.15, 0.2) is 0 Å². The van der Waals surface area contributed by atoms with Crippen LogP contribution in [0.3, 0.4) is 0 Å². The second kappa shape index (κ2) is 2.70. The molecule has 24 valence electrons. The Kier molecular flexibility index (Phi) is 3.69. The third kappa shape index (κ3) is 9.79. The van der Waals surface area contributed by atoms with Crippen molar-refractivity contribution in [1.29, 1.82) is 0 Å². The van der Waals surface area contributed by atoms with E-state index in [0.717, 1.165) is 0 Å². The summed E-state index contributed by atoms with van der Waals surface area (Å²) >= 11 is 3.64. The third-order valence-corrected chi connectivity index (χ3v) is 0. The van der Waals surface area contributed by atoms with Gasteiger partial charge in [0.25, 0.3) is 0 Å². The minimum absolute atomic E-state index is 1.96. The Labute approximate surface area is 43.0 Å². The van der Waals surface area contributed by atoms with Gasteiger partial charge in [-0.1, -0.05) is 0 Å². The van der Waals surface area contributed by atoms with Gasteiger partial charge in [-0.3, -0.25) is 0 Å². The van der Waals surface area contributed by atoms with Crippen molar-refractivity contribution >= 4 is 26.3 Å². The van der Waals surface area contributed by atoms with Gasteiger partial charge in [-0.25, -0.2) is 0 Å². The Hall–Kier alpha value is 1.47. The van der Waals surface area contributed by atoms with E-state index in [1.807, 2.05) is 0 Å². The van der Waals surface area contributed by atoms with Gasteiger partial charge in [0.05, 0.1) is 0 Å². The average Bonchev–Trinajstić information content (AvgIpc) is 0.811. The predicted molar refractivity (Wildman–Crippen MR) is 18.5 cm³/mol. The van der Waals surface area contributed by atoms with Gasteiger partial charge >= 0.3 is 43.3 Å². The molecule has 0 rings (SSSR count). The van der Waals surface area contributed by atoms with Crippen molar-refractivity contribution in [2.24, 2.45) is 0 Å². The predicted octanol–water partition coefficient (Wildman–Crippen LogP) is 1.57. The van der Waals surface area contributed by atoms with Crippen LogP contribution in [-0.4, -0.2) is 0 Å². The topological polar surface area (TPSA) is 17.1 Å². The molecular formula is Br2OTi. The molecular weight excluding hydrogens is 224 g/mol. The molecule has 0 aliphatic heterocycles. The van der Waals surface area contributed by atoms with Gasteiger partial charge < -0.3 is 0 Å². The molecule has 0 unspecified atom stereocenters. The first-order valence-electron chi connectivity index (χ1n) is 0.582. The van der Waals surface area contributed by atoms with Crippen LogP contribution in [0.1, 0.15) is 0 Å². The zero-order chi connectivity index (χ0) is 3.58. The second-order valence-electron chi connectivity index (χ2n) is 0.226. The van der Waals surface area contributed by atoms with Crippen molar-refractivity contribution in [3.63, 3.8) is 0 Å². The maximum absolute atomic E-state index is 9.53. The molecule has 0 radical (unpaired) electrons. The molecule has 0 aromatic heterocycles. The molecule has 0 aliphatic carbocycles. The van der Waals surface area contributed by atoms with E-state index in [9.17, 15) is 3.32 Å². The summed E-state index contributed by atoms with van der Waals surface area (Å²) in [4.78, 5) is 0. The summed E-state index contributed by atoms with van der Waals surface area (Å²) in [5.74, 6) is 0. The van der Waals surface area contributed by atoms with E-state index in [0.29, 0.717) is 0 Å². The van der Waals surface area contributed by atoms with Gasteiger partial charge in [0.2, 0.25) is 0 Å². The molecule has 0 N–H and O–H groups in total. The fraction of sp³-hybridized carbons (Fsp3) is 0. The molecule has 0 bridgehead atoms. The number of halogens is 2. The summed E-state index contributed by atoms with van der Waals surface area (Å²) in [6, 6.07) is 0. The fourth-order valence-corrected chi connectivity index (χ4v) is 0. The minimum atomic E-state index is -1.96. The quantitative estimate of drug-likeness (QED) is 0.570. The zero-order valence-electron chi connectivity index (χ0n) is 1.66. The summed E-state index contributed by atoms with van der Waals surface area (Å²) in [6.07, 6.45) is 0. The normalized spacial score (nSPS) is 6.50. The van der Waals surface area contributed by atoms with E-state index in [1.165, 1.54) is 0 Å². The third-order valence-electron chi connectivity index (χ3n) is 0. The molecule has 4 heavy (non-hydrogen) atoms. The van der Waals surface area contributed by atoms with Crippen molar-refractivity contribution in [3.05, 3.63) is 0 Å². The van der Waals surface area contributed by atoms with Crippen LogP contribution in [0.15, 0.2) is 0 Å². The van der Waals surface area contributed by atoms with Crippen LogP contribution >= 0.6 is 26.3 Å². The van der Waals surface area contributed by atoms with Crippen molar-refractivity contribution in [2.75, 3.05) is 0 Å². The zero-order valence-corrected chi connectivity index (χ0v) is 6.40. The molecule has 0 atom stereocenters. The first-order chi connectivity index (χ1) is 1.73. The summed E-state index contributed by atoms with van der Waals surface area (Å²) in [6.45, 7) is 0. The van der Waals surface area contributed by atoms with Crippen LogP contribution < -0.4 is 0 Å². The van der Waals surface area contributed by atoms with Gasteiger partial charge in [-0.15, -0.1) is 0 Å². The molecule has 0 saturated heterocycles. The van der Waals surface area contributed by atoms with Gasteiger partial charge in [-0.2, -0.15) is 0 Å². The van der Waals surface area contributed by atoms with Crippen molar-refractivity contribution < 1.29 is 17.0 Å². The van der Waals surface area contributed by atoms with E-state index in [-0.39, 0.29) is 0 Å². The molecule has 0 heterocycles. The Morgan fingerprint density at radius 1 is 1.50 bits per heavy atom. The SMILES string of the molecule is [O]=[Ti]([Br])[Br]. The maximum atomic E-state index is 9.53. The Bertz CT molecular complexity index is 29.0. The van der Waals surface area contributed by atoms with E-state index in [4.69, 9.17) is 0 Å². The van der Waals surface area contributed by atoms with Gasteiger partial charge in [-0.05, 0) is 0 Å². The van der Waals surface area contributed by atoms with Crippen LogP contribution in [0, 0.1) is 0 Å². The number of hydrogen-bond donors (Lipinski definition) is 0. The molecule has 0 saturated carbocycles. The molecule has 4 heteroatoms. The molecule has 1 nitrogen and oxygen atoms in total. The summed E-state index contributed by atoms with van der Waals surface area (Å²) < 4.78 is 9.53. The Balaban J connectivity index is 2.80. The number of hydrogen-bond acceptors (Lipinski definition) is 1. The van der Waals surface area contributed by atoms with Gasteiger partial charge in [0.1, 0.15) is 0 Å². The van der Waals surface area contributed by atoms with E-state index < -0.39 is 13.7 Å². The van der Waals surface area contributed by atoms with Crippen molar-refractivity contribution in [1.82, 2.24) is 0 Å². The summed E-state index contributed by atoms with van der Waals surface area (Å²) in [5, 5.41) is 0. The molecule has 0 spiro atoms. The molecule has 0 aromatic carbocycles. The first kappa shape index (κ1) is 5.47. The van der Waals surface area contributed by atoms with Crippen LogP contribution in [0.4, 0.5) is 0 Å². The van der Waals surface area contributed by atoms with Crippen LogP contribution in [0.5, 0.6) is 0 Å². The molecule has 0 aliphatic rings. The standard InChI is InChI=1S/2BrH.O.Ti/h2*1H;;/q;;;+2/p-2. The van der Waals surface area contributed by atoms with Crippen molar-refractivity contribution in [3.8, 4) is 0 Å². The van der Waals surface area contributed by atoms with E-state index >= 15 is 0 Å². The van der Waals surface area contributed by atoms with E-state index in [2.05, 4.69) is 26.3 Å². The summed E-state index contributed by atoms with van der Waals surface area (Å²) in [5.41, 5.74) is 0. The molecule has 0 amide bonds. The second-order valence-corrected chi connectivity index (χ2v) is 11.3. The molecule has 0 fully saturated rings. The van der Waals surface area contributed by atoms with Crippen LogP contribution in [0.2, 0.25) is 0 Å². The van der Waals surface area contributed by atoms with Crippen LogP contribution in [-0.2, 0) is 17.0 Å². The van der Waals surface area contributed by atoms with Gasteiger partial charge in [0, 0.05) is 0 Å². The van der Waals surface area contributed by atoms with E-state index in [1.54, 1.807) is 0 Å². The van der Waals surface area contributed by atoms with Crippen LogP contribution in [0.25, 0.3) is 0 Å². The fourth-order valence-electron chi connectivity index (χ4n) is 0.